The number of amides is 2. The number of anilines is 2. The second-order valence-corrected chi connectivity index (χ2v) is 9.85. The Morgan fingerprint density at radius 1 is 1.06 bits per heavy atom. The van der Waals surface area contributed by atoms with E-state index in [1.807, 2.05) is 0 Å². The van der Waals surface area contributed by atoms with Crippen LogP contribution in [0.1, 0.15) is 20.8 Å². The third-order valence-electron chi connectivity index (χ3n) is 4.01. The number of benzene rings is 2. The van der Waals surface area contributed by atoms with Gasteiger partial charge in [-0.2, -0.15) is 4.31 Å². The van der Waals surface area contributed by atoms with E-state index in [0.717, 1.165) is 28.6 Å². The summed E-state index contributed by atoms with van der Waals surface area (Å²) in [5.74, 6) is -0.851. The number of sulfonamides is 1. The molecular weight excluding hydrogens is 441 g/mol. The number of hydrogen-bond donors (Lipinski definition) is 2. The van der Waals surface area contributed by atoms with Crippen LogP contribution in [0.4, 0.5) is 20.6 Å². The van der Waals surface area contributed by atoms with Crippen LogP contribution in [-0.4, -0.2) is 51.0 Å². The Morgan fingerprint density at radius 2 is 1.69 bits per heavy atom. The number of carbonyl (C=O) groups excluding carboxylic acids is 2. The first-order valence-electron chi connectivity index (χ1n) is 9.51. The average molecular weight is 468 g/mol. The summed E-state index contributed by atoms with van der Waals surface area (Å²) < 4.78 is 49.4. The zero-order valence-electron chi connectivity index (χ0n) is 18.4. The molecule has 0 aliphatic heterocycles. The van der Waals surface area contributed by atoms with Gasteiger partial charge in [0, 0.05) is 12.7 Å². The Balaban J connectivity index is 2.10. The minimum Gasteiger partial charge on any atom is -0.495 e. The molecule has 174 valence electrons. The summed E-state index contributed by atoms with van der Waals surface area (Å²) in [6.45, 7) is 4.67. The molecule has 32 heavy (non-hydrogen) atoms. The molecule has 9 nitrogen and oxygen atoms in total. The zero-order valence-corrected chi connectivity index (χ0v) is 19.2. The SMILES string of the molecule is COc1ccc(NC(=O)CN(C)S(=O)(=O)c2ccc(F)cc2)cc1NC(=O)OC(C)(C)C. The molecule has 0 aliphatic rings. The van der Waals surface area contributed by atoms with Crippen LogP contribution in [0.2, 0.25) is 0 Å². The average Bonchev–Trinajstić information content (AvgIpc) is 2.67. The third-order valence-corrected chi connectivity index (χ3v) is 5.82. The van der Waals surface area contributed by atoms with Crippen LogP contribution in [-0.2, 0) is 19.6 Å². The molecule has 0 bridgehead atoms. The van der Waals surface area contributed by atoms with Crippen LogP contribution in [0.15, 0.2) is 47.4 Å². The largest absolute Gasteiger partial charge is 0.495 e. The molecule has 0 aliphatic carbocycles. The first-order valence-corrected chi connectivity index (χ1v) is 11.0. The van der Waals surface area contributed by atoms with Crippen molar-refractivity contribution in [1.82, 2.24) is 4.31 Å². The van der Waals surface area contributed by atoms with Gasteiger partial charge in [0.2, 0.25) is 15.9 Å². The molecule has 11 heteroatoms. The quantitative estimate of drug-likeness (QED) is 0.645. The zero-order chi connectivity index (χ0) is 24.1. The number of rotatable bonds is 7. The molecule has 0 heterocycles. The molecule has 2 rings (SSSR count). The minimum absolute atomic E-state index is 0.137. The van der Waals surface area contributed by atoms with Crippen molar-refractivity contribution in [2.75, 3.05) is 31.3 Å². The summed E-state index contributed by atoms with van der Waals surface area (Å²) in [7, 11) is -1.33. The Labute approximate surface area is 186 Å². The maximum absolute atomic E-state index is 13.1. The maximum atomic E-state index is 13.1. The molecule has 0 spiro atoms. The van der Waals surface area contributed by atoms with Crippen molar-refractivity contribution >= 4 is 33.4 Å². The van der Waals surface area contributed by atoms with Crippen LogP contribution in [0, 0.1) is 5.82 Å². The summed E-state index contributed by atoms with van der Waals surface area (Å²) in [5.41, 5.74) is -0.148. The molecule has 0 unspecified atom stereocenters. The van der Waals surface area contributed by atoms with Crippen molar-refractivity contribution in [2.24, 2.45) is 0 Å². The first kappa shape index (κ1) is 25.1. The standard InChI is InChI=1S/C21H26FN3O6S/c1-21(2,3)31-20(27)24-17-12-15(8-11-18(17)30-5)23-19(26)13-25(4)32(28,29)16-9-6-14(22)7-10-16/h6-12H,13H2,1-5H3,(H,23,26)(H,24,27). The third kappa shape index (κ3) is 6.92. The van der Waals surface area contributed by atoms with Crippen LogP contribution < -0.4 is 15.4 Å². The van der Waals surface area contributed by atoms with E-state index < -0.39 is 40.0 Å². The topological polar surface area (TPSA) is 114 Å². The van der Waals surface area contributed by atoms with E-state index in [-0.39, 0.29) is 10.6 Å². The van der Waals surface area contributed by atoms with Crippen LogP contribution >= 0.6 is 0 Å². The highest BCUT2D eigenvalue weighted by Gasteiger charge is 2.23. The molecule has 0 atom stereocenters. The Kier molecular flexibility index (Phi) is 7.81. The highest BCUT2D eigenvalue weighted by Crippen LogP contribution is 2.28. The van der Waals surface area contributed by atoms with E-state index in [9.17, 15) is 22.4 Å². The lowest BCUT2D eigenvalue weighted by atomic mass is 10.2. The molecule has 2 aromatic carbocycles. The summed E-state index contributed by atoms with van der Waals surface area (Å²) in [6.07, 6.45) is -0.704. The van der Waals surface area contributed by atoms with E-state index in [0.29, 0.717) is 11.4 Å². The lowest BCUT2D eigenvalue weighted by Gasteiger charge is -2.20. The number of hydrogen-bond acceptors (Lipinski definition) is 6. The van der Waals surface area contributed by atoms with Crippen molar-refractivity contribution in [3.63, 3.8) is 0 Å². The predicted octanol–water partition coefficient (Wildman–Crippen LogP) is 3.44. The van der Waals surface area contributed by atoms with Gasteiger partial charge in [0.1, 0.15) is 17.2 Å². The van der Waals surface area contributed by atoms with Gasteiger partial charge in [-0.3, -0.25) is 10.1 Å². The monoisotopic (exact) mass is 467 g/mol. The number of likely N-dealkylation sites (N-methyl/N-ethyl adjacent to an activating group) is 1. The normalized spacial score (nSPS) is 11.7. The van der Waals surface area contributed by atoms with Crippen LogP contribution in [0.5, 0.6) is 5.75 Å². The second-order valence-electron chi connectivity index (χ2n) is 7.81. The van der Waals surface area contributed by atoms with E-state index in [1.54, 1.807) is 20.8 Å². The van der Waals surface area contributed by atoms with Gasteiger partial charge in [-0.1, -0.05) is 0 Å². The van der Waals surface area contributed by atoms with Gasteiger partial charge in [-0.05, 0) is 63.2 Å². The van der Waals surface area contributed by atoms with Gasteiger partial charge in [-0.25, -0.2) is 17.6 Å². The number of halogens is 1. The van der Waals surface area contributed by atoms with Crippen LogP contribution in [0.3, 0.4) is 0 Å². The van der Waals surface area contributed by atoms with Crippen LogP contribution in [0.25, 0.3) is 0 Å². The van der Waals surface area contributed by atoms with Gasteiger partial charge >= 0.3 is 6.09 Å². The Hall–Kier alpha value is -3.18. The lowest BCUT2D eigenvalue weighted by molar-refractivity contribution is -0.116. The molecule has 2 aromatic rings. The Bertz CT molecular complexity index is 1080. The smallest absolute Gasteiger partial charge is 0.412 e. The van der Waals surface area contributed by atoms with E-state index in [2.05, 4.69) is 10.6 Å². The van der Waals surface area contributed by atoms with E-state index in [4.69, 9.17) is 9.47 Å². The highest BCUT2D eigenvalue weighted by molar-refractivity contribution is 7.89. The van der Waals surface area contributed by atoms with Gasteiger partial charge in [0.05, 0.1) is 24.2 Å². The number of carbonyl (C=O) groups is 2. The summed E-state index contributed by atoms with van der Waals surface area (Å²) in [6, 6.07) is 8.81. The van der Waals surface area contributed by atoms with Crippen molar-refractivity contribution in [3.05, 3.63) is 48.3 Å². The summed E-state index contributed by atoms with van der Waals surface area (Å²) in [4.78, 5) is 24.3. The first-order chi connectivity index (χ1) is 14.8. The number of methoxy groups -OCH3 is 1. The maximum Gasteiger partial charge on any atom is 0.412 e. The predicted molar refractivity (Wildman–Crippen MR) is 118 cm³/mol. The van der Waals surface area contributed by atoms with Crippen molar-refractivity contribution in [3.8, 4) is 5.75 Å². The molecular formula is C21H26FN3O6S. The number of ether oxygens (including phenoxy) is 2. The molecule has 0 radical (unpaired) electrons. The van der Waals surface area contributed by atoms with Crippen molar-refractivity contribution in [2.45, 2.75) is 31.3 Å². The summed E-state index contributed by atoms with van der Waals surface area (Å²) >= 11 is 0. The highest BCUT2D eigenvalue weighted by atomic mass is 32.2. The fourth-order valence-electron chi connectivity index (χ4n) is 2.57. The van der Waals surface area contributed by atoms with Gasteiger partial charge in [-0.15, -0.1) is 0 Å². The minimum atomic E-state index is -3.98. The van der Waals surface area contributed by atoms with Gasteiger partial charge < -0.3 is 14.8 Å². The second kappa shape index (κ2) is 9.96. The number of nitrogens with one attached hydrogen (secondary N) is 2. The molecule has 0 aromatic heterocycles. The van der Waals surface area contributed by atoms with Gasteiger partial charge in [0.25, 0.3) is 0 Å². The Morgan fingerprint density at radius 3 is 2.25 bits per heavy atom. The summed E-state index contributed by atoms with van der Waals surface area (Å²) in [5, 5.41) is 5.11. The fourth-order valence-corrected chi connectivity index (χ4v) is 3.70. The molecule has 2 amide bonds. The molecule has 2 N–H and O–H groups in total. The molecule has 0 fully saturated rings. The molecule has 0 saturated carbocycles. The van der Waals surface area contributed by atoms with Crippen molar-refractivity contribution < 1.29 is 31.9 Å². The van der Waals surface area contributed by atoms with E-state index in [1.165, 1.54) is 32.4 Å². The lowest BCUT2D eigenvalue weighted by Crippen LogP contribution is -2.35. The molecule has 0 saturated heterocycles. The van der Waals surface area contributed by atoms with Crippen molar-refractivity contribution in [1.29, 1.82) is 0 Å². The fraction of sp³-hybridized carbons (Fsp3) is 0.333. The number of nitrogens with zero attached hydrogens (tertiary/aromatic N) is 1. The van der Waals surface area contributed by atoms with Gasteiger partial charge in [0.15, 0.2) is 0 Å². The van der Waals surface area contributed by atoms with E-state index >= 15 is 0 Å².